The zero-order chi connectivity index (χ0) is 9.30. The van der Waals surface area contributed by atoms with Crippen LogP contribution in [0.25, 0.3) is 0 Å². The summed E-state index contributed by atoms with van der Waals surface area (Å²) in [4.78, 5) is 0. The fraction of sp³-hybridized carbons (Fsp3) is 1.00. The fourth-order valence-corrected chi connectivity index (χ4v) is 1.57. The molecule has 0 bridgehead atoms. The van der Waals surface area contributed by atoms with Crippen LogP contribution in [0.3, 0.4) is 0 Å². The van der Waals surface area contributed by atoms with Crippen molar-refractivity contribution in [3.63, 3.8) is 0 Å². The first kappa shape index (κ1) is 9.96. The Labute approximate surface area is 73.4 Å². The van der Waals surface area contributed by atoms with E-state index in [9.17, 15) is 10.2 Å². The summed E-state index contributed by atoms with van der Waals surface area (Å²) in [5, 5.41) is 19.1. The quantitative estimate of drug-likeness (QED) is 0.605. The smallest absolute Gasteiger partial charge is 0.0861 e. The van der Waals surface area contributed by atoms with Gasteiger partial charge in [0, 0.05) is 5.92 Å². The Bertz CT molecular complexity index is 147. The third-order valence-corrected chi connectivity index (χ3v) is 2.60. The average molecular weight is 174 g/mol. The van der Waals surface area contributed by atoms with Crippen molar-refractivity contribution in [2.24, 2.45) is 11.8 Å². The van der Waals surface area contributed by atoms with Crippen LogP contribution in [0.2, 0.25) is 0 Å². The molecule has 0 aromatic heterocycles. The minimum Gasteiger partial charge on any atom is -0.390 e. The molecule has 1 fully saturated rings. The van der Waals surface area contributed by atoms with Gasteiger partial charge in [-0.1, -0.05) is 20.8 Å². The lowest BCUT2D eigenvalue weighted by Gasteiger charge is -2.38. The number of aliphatic hydroxyl groups is 2. The van der Waals surface area contributed by atoms with Crippen LogP contribution in [0.15, 0.2) is 0 Å². The fourth-order valence-electron chi connectivity index (χ4n) is 1.57. The Morgan fingerprint density at radius 2 is 1.92 bits per heavy atom. The summed E-state index contributed by atoms with van der Waals surface area (Å²) < 4.78 is 5.33. The van der Waals surface area contributed by atoms with Crippen molar-refractivity contribution in [1.29, 1.82) is 0 Å². The van der Waals surface area contributed by atoms with Crippen molar-refractivity contribution in [1.82, 2.24) is 0 Å². The molecule has 72 valence electrons. The molecule has 12 heavy (non-hydrogen) atoms. The lowest BCUT2D eigenvalue weighted by molar-refractivity contribution is -0.167. The minimum atomic E-state index is -0.534. The van der Waals surface area contributed by atoms with Gasteiger partial charge in [0.2, 0.25) is 0 Å². The van der Waals surface area contributed by atoms with Crippen LogP contribution in [0.5, 0.6) is 0 Å². The van der Waals surface area contributed by atoms with Crippen LogP contribution in [0.1, 0.15) is 20.8 Å². The van der Waals surface area contributed by atoms with Crippen molar-refractivity contribution in [2.45, 2.75) is 39.1 Å². The molecule has 1 aliphatic heterocycles. The van der Waals surface area contributed by atoms with Gasteiger partial charge in [-0.05, 0) is 5.92 Å². The second kappa shape index (κ2) is 3.73. The molecular formula is C9H18O3. The molecule has 1 aliphatic rings. The second-order valence-electron chi connectivity index (χ2n) is 3.96. The molecule has 1 saturated heterocycles. The first-order chi connectivity index (χ1) is 5.54. The highest BCUT2D eigenvalue weighted by molar-refractivity contribution is 4.85. The van der Waals surface area contributed by atoms with Crippen LogP contribution < -0.4 is 0 Å². The van der Waals surface area contributed by atoms with Gasteiger partial charge >= 0.3 is 0 Å². The molecule has 2 N–H and O–H groups in total. The van der Waals surface area contributed by atoms with Gasteiger partial charge in [-0.15, -0.1) is 0 Å². The van der Waals surface area contributed by atoms with Crippen molar-refractivity contribution in [3.8, 4) is 0 Å². The first-order valence-electron chi connectivity index (χ1n) is 4.51. The summed E-state index contributed by atoms with van der Waals surface area (Å²) in [5.74, 6) is 0.223. The van der Waals surface area contributed by atoms with E-state index in [1.165, 1.54) is 0 Å². The summed E-state index contributed by atoms with van der Waals surface area (Å²) in [6.07, 6.45) is -1.17. The number of hydrogen-bond acceptors (Lipinski definition) is 3. The number of rotatable bonds is 1. The van der Waals surface area contributed by atoms with E-state index in [1.807, 2.05) is 20.8 Å². The molecule has 3 nitrogen and oxygen atoms in total. The standard InChI is InChI=1S/C9H18O3/c1-5(2)9-8(11)6(3)7(10)4-12-9/h5-11H,4H2,1-3H3. The highest BCUT2D eigenvalue weighted by atomic mass is 16.5. The number of hydrogen-bond donors (Lipinski definition) is 2. The van der Waals surface area contributed by atoms with Gasteiger partial charge in [-0.25, -0.2) is 0 Å². The monoisotopic (exact) mass is 174 g/mol. The normalized spacial score (nSPS) is 43.5. The third kappa shape index (κ3) is 1.79. The van der Waals surface area contributed by atoms with Gasteiger partial charge in [0.25, 0.3) is 0 Å². The van der Waals surface area contributed by atoms with E-state index in [4.69, 9.17) is 4.74 Å². The van der Waals surface area contributed by atoms with E-state index in [2.05, 4.69) is 0 Å². The molecule has 3 heteroatoms. The SMILES string of the molecule is CC(C)C1OCC(O)C(C)C1O. The number of ether oxygens (including phenoxy) is 1. The molecule has 0 saturated carbocycles. The largest absolute Gasteiger partial charge is 0.390 e. The molecule has 0 radical (unpaired) electrons. The third-order valence-electron chi connectivity index (χ3n) is 2.60. The molecule has 0 aromatic carbocycles. The predicted molar refractivity (Wildman–Crippen MR) is 45.8 cm³/mol. The van der Waals surface area contributed by atoms with Gasteiger partial charge in [0.1, 0.15) is 0 Å². The Balaban J connectivity index is 2.58. The average Bonchev–Trinajstić information content (AvgIpc) is 2.00. The minimum absolute atomic E-state index is 0.0776. The van der Waals surface area contributed by atoms with Crippen molar-refractivity contribution >= 4 is 0 Å². The molecule has 4 atom stereocenters. The summed E-state index contributed by atoms with van der Waals surface area (Å²) in [6, 6.07) is 0. The Hall–Kier alpha value is -0.120. The molecule has 4 unspecified atom stereocenters. The number of aliphatic hydroxyl groups excluding tert-OH is 2. The second-order valence-corrected chi connectivity index (χ2v) is 3.96. The lowest BCUT2D eigenvalue weighted by atomic mass is 9.87. The van der Waals surface area contributed by atoms with E-state index < -0.39 is 12.2 Å². The molecule has 0 aromatic rings. The Kier molecular flexibility index (Phi) is 3.09. The van der Waals surface area contributed by atoms with Gasteiger partial charge in [-0.2, -0.15) is 0 Å². The van der Waals surface area contributed by atoms with Gasteiger partial charge in [0.05, 0.1) is 24.9 Å². The van der Waals surface area contributed by atoms with Crippen molar-refractivity contribution < 1.29 is 14.9 Å². The van der Waals surface area contributed by atoms with Crippen LogP contribution >= 0.6 is 0 Å². The Morgan fingerprint density at radius 3 is 2.42 bits per heavy atom. The van der Waals surface area contributed by atoms with E-state index in [-0.39, 0.29) is 12.0 Å². The maximum atomic E-state index is 9.69. The summed E-state index contributed by atoms with van der Waals surface area (Å²) in [7, 11) is 0. The van der Waals surface area contributed by atoms with E-state index in [0.717, 1.165) is 0 Å². The van der Waals surface area contributed by atoms with Crippen molar-refractivity contribution in [2.75, 3.05) is 6.61 Å². The highest BCUT2D eigenvalue weighted by Crippen LogP contribution is 2.25. The summed E-state index contributed by atoms with van der Waals surface area (Å²) in [5.41, 5.74) is 0. The topological polar surface area (TPSA) is 49.7 Å². The van der Waals surface area contributed by atoms with Crippen molar-refractivity contribution in [3.05, 3.63) is 0 Å². The lowest BCUT2D eigenvalue weighted by Crippen LogP contribution is -2.49. The maximum Gasteiger partial charge on any atom is 0.0861 e. The van der Waals surface area contributed by atoms with Crippen LogP contribution in [0, 0.1) is 11.8 Å². The van der Waals surface area contributed by atoms with Gasteiger partial charge in [0.15, 0.2) is 0 Å². The van der Waals surface area contributed by atoms with E-state index in [1.54, 1.807) is 0 Å². The first-order valence-corrected chi connectivity index (χ1v) is 4.51. The van der Waals surface area contributed by atoms with Crippen LogP contribution in [0.4, 0.5) is 0 Å². The van der Waals surface area contributed by atoms with E-state index in [0.29, 0.717) is 12.5 Å². The highest BCUT2D eigenvalue weighted by Gasteiger charge is 2.36. The van der Waals surface area contributed by atoms with Gasteiger partial charge in [-0.3, -0.25) is 0 Å². The zero-order valence-corrected chi connectivity index (χ0v) is 7.90. The molecule has 0 aliphatic carbocycles. The Morgan fingerprint density at radius 1 is 1.33 bits per heavy atom. The predicted octanol–water partition coefficient (Wildman–Crippen LogP) is 0.399. The molecule has 1 heterocycles. The van der Waals surface area contributed by atoms with Crippen LogP contribution in [-0.2, 0) is 4.74 Å². The van der Waals surface area contributed by atoms with Crippen LogP contribution in [-0.4, -0.2) is 35.1 Å². The van der Waals surface area contributed by atoms with E-state index >= 15 is 0 Å². The maximum absolute atomic E-state index is 9.69. The molecule has 0 amide bonds. The zero-order valence-electron chi connectivity index (χ0n) is 7.90. The molecular weight excluding hydrogens is 156 g/mol. The summed E-state index contributed by atoms with van der Waals surface area (Å²) in [6.45, 7) is 6.23. The molecule has 0 spiro atoms. The van der Waals surface area contributed by atoms with Gasteiger partial charge < -0.3 is 14.9 Å². The summed E-state index contributed by atoms with van der Waals surface area (Å²) >= 11 is 0. The molecule has 1 rings (SSSR count).